The highest BCUT2D eigenvalue weighted by molar-refractivity contribution is 7.91. The highest BCUT2D eigenvalue weighted by Crippen LogP contribution is 2.39. The number of hydrogen-bond donors (Lipinski definition) is 1. The van der Waals surface area contributed by atoms with Crippen LogP contribution in [0.2, 0.25) is 10.0 Å². The summed E-state index contributed by atoms with van der Waals surface area (Å²) in [5, 5.41) is 3.67. The summed E-state index contributed by atoms with van der Waals surface area (Å²) in [6.45, 7) is 2.31. The minimum absolute atomic E-state index is 0.0246. The summed E-state index contributed by atoms with van der Waals surface area (Å²) in [5.74, 6) is 1.01. The Morgan fingerprint density at radius 1 is 0.865 bits per heavy atom. The number of likely N-dealkylation sites (N-methyl/N-ethyl adjacent to an activating group) is 1. The first-order chi connectivity index (χ1) is 24.8. The van der Waals surface area contributed by atoms with Crippen molar-refractivity contribution in [1.82, 2.24) is 23.7 Å². The van der Waals surface area contributed by atoms with Crippen LogP contribution in [-0.4, -0.2) is 86.2 Å². The van der Waals surface area contributed by atoms with Crippen LogP contribution >= 0.6 is 23.2 Å². The van der Waals surface area contributed by atoms with Gasteiger partial charge in [0.15, 0.2) is 0 Å². The van der Waals surface area contributed by atoms with E-state index < -0.39 is 31.5 Å². The molecule has 2 aliphatic rings. The molecule has 1 unspecified atom stereocenters. The van der Waals surface area contributed by atoms with Gasteiger partial charge in [-0.05, 0) is 80.9 Å². The van der Waals surface area contributed by atoms with Gasteiger partial charge in [0.05, 0.1) is 31.7 Å². The highest BCUT2D eigenvalue weighted by atomic mass is 35.5. The van der Waals surface area contributed by atoms with Gasteiger partial charge in [0.2, 0.25) is 25.8 Å². The predicted molar refractivity (Wildman–Crippen MR) is 202 cm³/mol. The van der Waals surface area contributed by atoms with Gasteiger partial charge in [-0.15, -0.1) is 0 Å². The van der Waals surface area contributed by atoms with Crippen LogP contribution < -0.4 is 15.6 Å². The number of ether oxygens (including phenoxy) is 1. The Morgan fingerprint density at radius 2 is 1.54 bits per heavy atom. The number of hydrogen-bond acceptors (Lipinski definition) is 10. The maximum Gasteiger partial charge on any atom is 0.260 e. The number of pyridine rings is 1. The van der Waals surface area contributed by atoms with Gasteiger partial charge in [0, 0.05) is 55.1 Å². The third kappa shape index (κ3) is 7.41. The molecule has 2 aliphatic heterocycles. The zero-order valence-corrected chi connectivity index (χ0v) is 31.5. The zero-order chi connectivity index (χ0) is 36.8. The molecule has 16 heteroatoms. The first kappa shape index (κ1) is 36.3. The van der Waals surface area contributed by atoms with Crippen molar-refractivity contribution in [3.63, 3.8) is 0 Å². The molecule has 0 aliphatic carbocycles. The van der Waals surface area contributed by atoms with Crippen LogP contribution in [-0.2, 0) is 19.9 Å². The minimum Gasteiger partial charge on any atom is -0.489 e. The lowest BCUT2D eigenvalue weighted by molar-refractivity contribution is 0.208. The fourth-order valence-corrected chi connectivity index (χ4v) is 9.79. The van der Waals surface area contributed by atoms with Gasteiger partial charge < -0.3 is 15.0 Å². The van der Waals surface area contributed by atoms with E-state index >= 15 is 0 Å². The van der Waals surface area contributed by atoms with Crippen molar-refractivity contribution in [1.29, 1.82) is 0 Å². The number of rotatable bonds is 9. The first-order valence-electron chi connectivity index (χ1n) is 16.7. The smallest absolute Gasteiger partial charge is 0.260 e. The van der Waals surface area contributed by atoms with Crippen LogP contribution in [0.5, 0.6) is 5.75 Å². The molecule has 0 spiro atoms. The number of sulfonamides is 1. The van der Waals surface area contributed by atoms with E-state index in [0.717, 1.165) is 25.3 Å². The molecule has 2 fully saturated rings. The summed E-state index contributed by atoms with van der Waals surface area (Å²) in [5.41, 5.74) is 0.885. The van der Waals surface area contributed by atoms with Crippen molar-refractivity contribution in [2.45, 2.75) is 41.2 Å². The molecular formula is C36H36Cl2N6O6S2. The molecule has 4 heterocycles. The molecule has 0 radical (unpaired) electrons. The van der Waals surface area contributed by atoms with E-state index in [9.17, 15) is 21.6 Å². The average Bonchev–Trinajstić information content (AvgIpc) is 3.53. The predicted octanol–water partition coefficient (Wildman–Crippen LogP) is 6.02. The van der Waals surface area contributed by atoms with E-state index in [1.54, 1.807) is 35.0 Å². The quantitative estimate of drug-likeness (QED) is 0.189. The molecule has 1 atom stereocenters. The largest absolute Gasteiger partial charge is 0.489 e. The molecule has 272 valence electrons. The van der Waals surface area contributed by atoms with E-state index in [1.165, 1.54) is 34.8 Å². The molecule has 7 rings (SSSR count). The van der Waals surface area contributed by atoms with E-state index in [2.05, 4.69) is 22.2 Å². The number of aromatic nitrogens is 3. The van der Waals surface area contributed by atoms with Crippen molar-refractivity contribution in [3.8, 4) is 16.9 Å². The summed E-state index contributed by atoms with van der Waals surface area (Å²) in [4.78, 5) is 26.0. The molecule has 12 nitrogen and oxygen atoms in total. The third-order valence-corrected chi connectivity index (χ3v) is 13.1. The lowest BCUT2D eigenvalue weighted by Gasteiger charge is -2.32. The molecule has 52 heavy (non-hydrogen) atoms. The van der Waals surface area contributed by atoms with Crippen molar-refractivity contribution in [2.75, 3.05) is 44.8 Å². The maximum atomic E-state index is 14.5. The summed E-state index contributed by atoms with van der Waals surface area (Å²) in [7, 11) is -5.30. The van der Waals surface area contributed by atoms with Gasteiger partial charge in [-0.25, -0.2) is 26.1 Å². The Hall–Kier alpha value is -4.05. The second-order valence-corrected chi connectivity index (χ2v) is 17.9. The van der Waals surface area contributed by atoms with E-state index in [4.69, 9.17) is 32.9 Å². The SMILES string of the molecule is CN1CCC(Oc2ccc(Nc3ncc4cc(-c5c(Cl)cc(S(=O)(=O)c6ccccc6)cc5Cl)c(=O)n(C5CCN(S(C)(=O)=O)CC5)c4n3)cc2)C1. The number of fused-ring (bicyclic) bond motifs is 1. The van der Waals surface area contributed by atoms with Gasteiger partial charge in [-0.2, -0.15) is 4.98 Å². The molecule has 2 aromatic heterocycles. The van der Waals surface area contributed by atoms with Gasteiger partial charge in [-0.3, -0.25) is 9.36 Å². The number of piperidine rings is 1. The molecule has 0 amide bonds. The number of anilines is 2. The topological polar surface area (TPSA) is 144 Å². The number of likely N-dealkylation sites (tertiary alicyclic amines) is 1. The Bertz CT molecular complexity index is 2400. The lowest BCUT2D eigenvalue weighted by Crippen LogP contribution is -2.40. The van der Waals surface area contributed by atoms with Crippen molar-refractivity contribution in [2.24, 2.45) is 0 Å². The highest BCUT2D eigenvalue weighted by Gasteiger charge is 2.30. The Labute approximate surface area is 311 Å². The zero-order valence-electron chi connectivity index (χ0n) is 28.4. The van der Waals surface area contributed by atoms with E-state index in [-0.39, 0.29) is 56.1 Å². The van der Waals surface area contributed by atoms with Gasteiger partial charge in [-0.1, -0.05) is 41.4 Å². The molecule has 0 saturated carbocycles. The summed E-state index contributed by atoms with van der Waals surface area (Å²) in [6.07, 6.45) is 4.57. The molecule has 1 N–H and O–H groups in total. The van der Waals surface area contributed by atoms with Crippen LogP contribution in [0.25, 0.3) is 22.2 Å². The monoisotopic (exact) mass is 782 g/mol. The van der Waals surface area contributed by atoms with Gasteiger partial charge >= 0.3 is 0 Å². The molecular weight excluding hydrogens is 747 g/mol. The number of nitrogens with one attached hydrogen (secondary N) is 1. The van der Waals surface area contributed by atoms with E-state index in [1.807, 2.05) is 24.3 Å². The van der Waals surface area contributed by atoms with Gasteiger partial charge in [0.25, 0.3) is 5.56 Å². The molecule has 0 bridgehead atoms. The first-order valence-corrected chi connectivity index (χ1v) is 20.8. The van der Waals surface area contributed by atoms with Crippen LogP contribution in [0.3, 0.4) is 0 Å². The maximum absolute atomic E-state index is 14.5. The third-order valence-electron chi connectivity index (χ3n) is 9.44. The van der Waals surface area contributed by atoms with Crippen LogP contribution in [0.1, 0.15) is 25.3 Å². The Kier molecular flexibility index (Phi) is 10.1. The van der Waals surface area contributed by atoms with Crippen LogP contribution in [0.4, 0.5) is 11.6 Å². The fourth-order valence-electron chi connectivity index (χ4n) is 6.76. The van der Waals surface area contributed by atoms with Crippen LogP contribution in [0, 0.1) is 0 Å². The van der Waals surface area contributed by atoms with Crippen molar-refractivity contribution >= 4 is 65.7 Å². The Morgan fingerprint density at radius 3 is 2.15 bits per heavy atom. The normalized spacial score (nSPS) is 17.8. The molecule has 5 aromatic rings. The molecule has 3 aromatic carbocycles. The second-order valence-electron chi connectivity index (χ2n) is 13.1. The summed E-state index contributed by atoms with van der Waals surface area (Å²) < 4.78 is 60.4. The minimum atomic E-state index is -3.95. The number of halogens is 2. The van der Waals surface area contributed by atoms with Gasteiger partial charge in [0.1, 0.15) is 17.5 Å². The Balaban J connectivity index is 1.27. The standard InChI is InChI=1S/C36H36Cl2N6O6S2/c1-42-15-14-27(22-42)50-26-10-8-24(9-11-26)40-36-39-21-23-18-30(35(45)44(34(23)41-36)25-12-16-43(17-13-25)51(2,46)47)33-31(37)19-29(20-32(33)38)52(48,49)28-6-4-3-5-7-28/h3-11,18-21,25,27H,12-17,22H2,1-2H3,(H,39,40,41). The van der Waals surface area contributed by atoms with Crippen LogP contribution in [0.15, 0.2) is 93.6 Å². The number of nitrogens with zero attached hydrogens (tertiary/aromatic N) is 5. The summed E-state index contributed by atoms with van der Waals surface area (Å²) >= 11 is 13.5. The lowest BCUT2D eigenvalue weighted by atomic mass is 10.0. The van der Waals surface area contributed by atoms with Crippen molar-refractivity contribution < 1.29 is 21.6 Å². The number of benzene rings is 3. The van der Waals surface area contributed by atoms with Crippen molar-refractivity contribution in [3.05, 3.63) is 99.4 Å². The summed E-state index contributed by atoms with van der Waals surface area (Å²) in [6, 6.07) is 19.1. The average molecular weight is 784 g/mol. The fraction of sp³-hybridized carbons (Fsp3) is 0.306. The second kappa shape index (κ2) is 14.4. The van der Waals surface area contributed by atoms with E-state index in [0.29, 0.717) is 29.6 Å². The molecule has 2 saturated heterocycles. The number of sulfone groups is 1.